The molecule has 5 nitrogen and oxygen atoms in total. The molecule has 0 bridgehead atoms. The van der Waals surface area contributed by atoms with E-state index < -0.39 is 0 Å². The number of rotatable bonds is 4. The van der Waals surface area contributed by atoms with E-state index in [9.17, 15) is 9.90 Å². The lowest BCUT2D eigenvalue weighted by Gasteiger charge is -2.04. The molecule has 0 saturated heterocycles. The van der Waals surface area contributed by atoms with E-state index in [0.29, 0.717) is 6.54 Å². The first-order valence-corrected chi connectivity index (χ1v) is 6.18. The zero-order valence-electron chi connectivity index (χ0n) is 10.2. The van der Waals surface area contributed by atoms with E-state index in [1.807, 2.05) is 12.1 Å². The third-order valence-electron chi connectivity index (χ3n) is 3.28. The van der Waals surface area contributed by atoms with Crippen LogP contribution in [0.15, 0.2) is 41.3 Å². The summed E-state index contributed by atoms with van der Waals surface area (Å²) >= 11 is 0. The Bertz CT molecular complexity index is 580. The van der Waals surface area contributed by atoms with Crippen molar-refractivity contribution in [2.45, 2.75) is 18.9 Å². The molecule has 2 aromatic heterocycles. The standard InChI is InChI=1S/C14H14N2O3/c17-10-4-9(6-15-8-10)7-16-14(18)12-5-11(12)13-2-1-3-19-13/h1-4,6,8,11-12,17H,5,7H2,(H,16,18)/t11-,12-/m1/s1. The largest absolute Gasteiger partial charge is 0.506 e. The van der Waals surface area contributed by atoms with Crippen LogP contribution in [0.2, 0.25) is 0 Å². The Kier molecular flexibility index (Phi) is 2.95. The average Bonchev–Trinajstić information content (AvgIpc) is 3.02. The van der Waals surface area contributed by atoms with Crippen molar-refractivity contribution >= 4 is 5.91 Å². The molecule has 0 aromatic carbocycles. The highest BCUT2D eigenvalue weighted by molar-refractivity contribution is 5.82. The second-order valence-electron chi connectivity index (χ2n) is 4.73. The molecule has 19 heavy (non-hydrogen) atoms. The first kappa shape index (κ1) is 11.8. The fraction of sp³-hybridized carbons (Fsp3) is 0.286. The van der Waals surface area contributed by atoms with E-state index in [1.54, 1.807) is 18.5 Å². The first-order valence-electron chi connectivity index (χ1n) is 6.18. The molecular weight excluding hydrogens is 244 g/mol. The van der Waals surface area contributed by atoms with Crippen molar-refractivity contribution in [3.63, 3.8) is 0 Å². The quantitative estimate of drug-likeness (QED) is 0.876. The van der Waals surface area contributed by atoms with Gasteiger partial charge in [-0.3, -0.25) is 9.78 Å². The number of pyridine rings is 1. The summed E-state index contributed by atoms with van der Waals surface area (Å²) < 4.78 is 5.29. The number of nitrogens with zero attached hydrogens (tertiary/aromatic N) is 1. The van der Waals surface area contributed by atoms with Gasteiger partial charge in [-0.1, -0.05) is 0 Å². The van der Waals surface area contributed by atoms with E-state index >= 15 is 0 Å². The van der Waals surface area contributed by atoms with E-state index in [2.05, 4.69) is 10.3 Å². The van der Waals surface area contributed by atoms with Crippen LogP contribution in [0.1, 0.15) is 23.7 Å². The summed E-state index contributed by atoms with van der Waals surface area (Å²) in [6.07, 6.45) is 5.44. The molecule has 3 rings (SSSR count). The normalized spacial score (nSPS) is 21.1. The third-order valence-corrected chi connectivity index (χ3v) is 3.28. The summed E-state index contributed by atoms with van der Waals surface area (Å²) in [4.78, 5) is 15.8. The fourth-order valence-corrected chi connectivity index (χ4v) is 2.19. The van der Waals surface area contributed by atoms with Gasteiger partial charge in [0.2, 0.25) is 5.91 Å². The fourth-order valence-electron chi connectivity index (χ4n) is 2.19. The van der Waals surface area contributed by atoms with Gasteiger partial charge in [-0.05, 0) is 30.2 Å². The van der Waals surface area contributed by atoms with Crippen LogP contribution in [0.25, 0.3) is 0 Å². The van der Waals surface area contributed by atoms with Crippen molar-refractivity contribution in [2.24, 2.45) is 5.92 Å². The van der Waals surface area contributed by atoms with Gasteiger partial charge >= 0.3 is 0 Å². The first-order chi connectivity index (χ1) is 9.24. The minimum atomic E-state index is -0.00332. The summed E-state index contributed by atoms with van der Waals surface area (Å²) in [6, 6.07) is 5.32. The predicted octanol–water partition coefficient (Wildman–Crippen LogP) is 1.80. The van der Waals surface area contributed by atoms with Gasteiger partial charge in [-0.15, -0.1) is 0 Å². The van der Waals surface area contributed by atoms with Gasteiger partial charge in [-0.2, -0.15) is 0 Å². The lowest BCUT2D eigenvalue weighted by Crippen LogP contribution is -2.24. The number of carbonyl (C=O) groups excluding carboxylic acids is 1. The number of furan rings is 1. The Labute approximate surface area is 110 Å². The molecule has 1 amide bonds. The van der Waals surface area contributed by atoms with E-state index in [1.165, 1.54) is 6.20 Å². The number of aromatic nitrogens is 1. The summed E-state index contributed by atoms with van der Waals surface area (Å²) in [5.41, 5.74) is 0.781. The van der Waals surface area contributed by atoms with Crippen LogP contribution in [0, 0.1) is 5.92 Å². The smallest absolute Gasteiger partial charge is 0.224 e. The maximum absolute atomic E-state index is 11.9. The molecule has 0 unspecified atom stereocenters. The molecule has 2 heterocycles. The second kappa shape index (κ2) is 4.76. The Balaban J connectivity index is 1.53. The number of carbonyl (C=O) groups is 1. The molecule has 1 fully saturated rings. The monoisotopic (exact) mass is 258 g/mol. The molecular formula is C14H14N2O3. The molecule has 98 valence electrons. The van der Waals surface area contributed by atoms with Crippen molar-refractivity contribution in [3.8, 4) is 5.75 Å². The molecule has 1 aliphatic carbocycles. The van der Waals surface area contributed by atoms with Crippen LogP contribution >= 0.6 is 0 Å². The molecule has 0 aliphatic heterocycles. The molecule has 1 aliphatic rings. The predicted molar refractivity (Wildman–Crippen MR) is 67.3 cm³/mol. The topological polar surface area (TPSA) is 75.4 Å². The molecule has 2 aromatic rings. The maximum atomic E-state index is 11.9. The lowest BCUT2D eigenvalue weighted by molar-refractivity contribution is -0.122. The Morgan fingerprint density at radius 2 is 2.42 bits per heavy atom. The average molecular weight is 258 g/mol. The maximum Gasteiger partial charge on any atom is 0.224 e. The number of amides is 1. The molecule has 2 atom stereocenters. The van der Waals surface area contributed by atoms with Gasteiger partial charge < -0.3 is 14.8 Å². The van der Waals surface area contributed by atoms with E-state index in [0.717, 1.165) is 17.7 Å². The van der Waals surface area contributed by atoms with Crippen molar-refractivity contribution < 1.29 is 14.3 Å². The van der Waals surface area contributed by atoms with Crippen molar-refractivity contribution in [1.29, 1.82) is 0 Å². The zero-order valence-corrected chi connectivity index (χ0v) is 10.2. The summed E-state index contributed by atoms with van der Waals surface area (Å²) in [6.45, 7) is 0.377. The summed E-state index contributed by atoms with van der Waals surface area (Å²) in [5, 5.41) is 12.1. The van der Waals surface area contributed by atoms with E-state index in [-0.39, 0.29) is 23.5 Å². The van der Waals surface area contributed by atoms with Gasteiger partial charge in [0, 0.05) is 24.6 Å². The van der Waals surface area contributed by atoms with Crippen molar-refractivity contribution in [3.05, 3.63) is 48.2 Å². The molecule has 2 N–H and O–H groups in total. The van der Waals surface area contributed by atoms with Gasteiger partial charge in [0.15, 0.2) is 0 Å². The van der Waals surface area contributed by atoms with Crippen LogP contribution in [0.4, 0.5) is 0 Å². The van der Waals surface area contributed by atoms with Crippen LogP contribution < -0.4 is 5.32 Å². The Morgan fingerprint density at radius 1 is 1.53 bits per heavy atom. The lowest BCUT2D eigenvalue weighted by atomic mass is 10.2. The molecule has 1 saturated carbocycles. The van der Waals surface area contributed by atoms with Gasteiger partial charge in [-0.25, -0.2) is 0 Å². The van der Waals surface area contributed by atoms with Gasteiger partial charge in [0.1, 0.15) is 11.5 Å². The summed E-state index contributed by atoms with van der Waals surface area (Å²) in [5.74, 6) is 1.20. The van der Waals surface area contributed by atoms with Crippen molar-refractivity contribution in [2.75, 3.05) is 0 Å². The molecule has 0 radical (unpaired) electrons. The zero-order chi connectivity index (χ0) is 13.2. The SMILES string of the molecule is O=C(NCc1cncc(O)c1)[C@@H]1C[C@H]1c1ccco1. The minimum Gasteiger partial charge on any atom is -0.506 e. The van der Waals surface area contributed by atoms with Crippen LogP contribution in [-0.2, 0) is 11.3 Å². The van der Waals surface area contributed by atoms with Crippen molar-refractivity contribution in [1.82, 2.24) is 10.3 Å². The molecule has 5 heteroatoms. The van der Waals surface area contributed by atoms with Gasteiger partial charge in [0.25, 0.3) is 0 Å². The second-order valence-corrected chi connectivity index (χ2v) is 4.73. The highest BCUT2D eigenvalue weighted by Gasteiger charge is 2.45. The highest BCUT2D eigenvalue weighted by Crippen LogP contribution is 2.47. The Morgan fingerprint density at radius 3 is 3.16 bits per heavy atom. The number of nitrogens with one attached hydrogen (secondary N) is 1. The van der Waals surface area contributed by atoms with Gasteiger partial charge in [0.05, 0.1) is 12.5 Å². The third kappa shape index (κ3) is 2.59. The molecule has 0 spiro atoms. The number of aromatic hydroxyl groups is 1. The van der Waals surface area contributed by atoms with E-state index in [4.69, 9.17) is 4.42 Å². The number of hydrogen-bond acceptors (Lipinski definition) is 4. The van der Waals surface area contributed by atoms with Crippen LogP contribution in [0.5, 0.6) is 5.75 Å². The highest BCUT2D eigenvalue weighted by atomic mass is 16.3. The number of hydrogen-bond donors (Lipinski definition) is 2. The summed E-state index contributed by atoms with van der Waals surface area (Å²) in [7, 11) is 0. The minimum absolute atomic E-state index is 0.00332. The van der Waals surface area contributed by atoms with Crippen LogP contribution in [-0.4, -0.2) is 16.0 Å². The Hall–Kier alpha value is -2.30. The van der Waals surface area contributed by atoms with Crippen LogP contribution in [0.3, 0.4) is 0 Å².